The number of benzene rings is 7. The first kappa shape index (κ1) is 36.0. The molecule has 7 rings (SSSR count). The summed E-state index contributed by atoms with van der Waals surface area (Å²) in [5, 5.41) is 28.4. The maximum atomic E-state index is 10.3. The van der Waals surface area contributed by atoms with Crippen molar-refractivity contribution in [3.8, 4) is 5.75 Å². The number of rotatable bonds is 14. The van der Waals surface area contributed by atoms with Crippen molar-refractivity contribution in [2.75, 3.05) is 0 Å². The second-order valence-electron chi connectivity index (χ2n) is 12.4. The Balaban J connectivity index is 1.45. The van der Waals surface area contributed by atoms with Gasteiger partial charge in [0.25, 0.3) is 0 Å². The lowest BCUT2D eigenvalue weighted by Crippen LogP contribution is -2.23. The van der Waals surface area contributed by atoms with E-state index in [-0.39, 0.29) is 0 Å². The summed E-state index contributed by atoms with van der Waals surface area (Å²) < 4.78 is 5.91. The highest BCUT2D eigenvalue weighted by Gasteiger charge is 2.28. The topological polar surface area (TPSA) is 49.7 Å². The molecule has 0 spiro atoms. The Morgan fingerprint density at radius 2 is 0.635 bits per heavy atom. The van der Waals surface area contributed by atoms with Gasteiger partial charge in [0, 0.05) is 24.0 Å². The fourth-order valence-electron chi connectivity index (χ4n) is 6.59. The quantitative estimate of drug-likeness (QED) is 0.0883. The molecule has 0 radical (unpaired) electrons. The molecular formula is C45H40BO3P3. The third-order valence-corrected chi connectivity index (χ3v) is 16.5. The zero-order valence-electron chi connectivity index (χ0n) is 28.8. The first-order valence-corrected chi connectivity index (χ1v) is 22.0. The molecule has 0 amide bonds. The molecule has 0 aliphatic rings. The van der Waals surface area contributed by atoms with Crippen molar-refractivity contribution in [2.45, 2.75) is 18.5 Å². The van der Waals surface area contributed by atoms with Crippen molar-refractivity contribution in [2.24, 2.45) is 0 Å². The molecule has 0 heterocycles. The molecule has 0 unspecified atom stereocenters. The van der Waals surface area contributed by atoms with Crippen LogP contribution in [-0.2, 0) is 18.5 Å². The zero-order valence-corrected chi connectivity index (χ0v) is 31.5. The summed E-state index contributed by atoms with van der Waals surface area (Å²) in [5.74, 6) is 0.521. The van der Waals surface area contributed by atoms with Gasteiger partial charge in [-0.25, -0.2) is 0 Å². The Hall–Kier alpha value is -4.39. The molecule has 0 saturated heterocycles. The van der Waals surface area contributed by atoms with Crippen LogP contribution in [0.2, 0.25) is 0 Å². The van der Waals surface area contributed by atoms with E-state index < -0.39 is 31.1 Å². The van der Waals surface area contributed by atoms with Gasteiger partial charge in [-0.1, -0.05) is 188 Å². The van der Waals surface area contributed by atoms with Gasteiger partial charge in [-0.05, 0) is 72.8 Å². The molecule has 52 heavy (non-hydrogen) atoms. The minimum atomic E-state index is -1.94. The standard InChI is InChI=1S/C45H40BO3P3/c47-46(48)49-45-32-31-36(33-50(37-19-7-1-8-20-37)38-21-9-2-10-22-38)43(34-51(39-23-11-3-12-24-39)40-25-13-4-14-26-40)44(45)35-52(41-27-15-5-16-28-41)42-29-17-6-18-30-42/h1-32,47-48H,33-35H2. The summed E-state index contributed by atoms with van der Waals surface area (Å²) in [6.45, 7) is 0. The molecular weight excluding hydrogens is 692 g/mol. The van der Waals surface area contributed by atoms with Crippen LogP contribution in [0.25, 0.3) is 0 Å². The van der Waals surface area contributed by atoms with Gasteiger partial charge in [-0.3, -0.25) is 0 Å². The summed E-state index contributed by atoms with van der Waals surface area (Å²) in [7, 11) is -4.38. The molecule has 0 aliphatic carbocycles. The maximum Gasteiger partial charge on any atom is 0.707 e. The second kappa shape index (κ2) is 17.9. The molecule has 0 atom stereocenters. The summed E-state index contributed by atoms with van der Waals surface area (Å²) in [6, 6.07) is 69.0. The van der Waals surface area contributed by atoms with Crippen molar-refractivity contribution >= 4 is 62.9 Å². The van der Waals surface area contributed by atoms with Crippen LogP contribution in [-0.4, -0.2) is 17.4 Å². The molecule has 2 N–H and O–H groups in total. The van der Waals surface area contributed by atoms with E-state index in [1.54, 1.807) is 0 Å². The van der Waals surface area contributed by atoms with E-state index >= 15 is 0 Å². The van der Waals surface area contributed by atoms with Gasteiger partial charge < -0.3 is 14.7 Å². The molecule has 256 valence electrons. The largest absolute Gasteiger partial charge is 0.707 e. The van der Waals surface area contributed by atoms with E-state index in [9.17, 15) is 10.0 Å². The molecule has 7 heteroatoms. The molecule has 0 fully saturated rings. The van der Waals surface area contributed by atoms with Crippen LogP contribution in [0.3, 0.4) is 0 Å². The average Bonchev–Trinajstić information content (AvgIpc) is 3.21. The van der Waals surface area contributed by atoms with E-state index in [0.29, 0.717) is 11.9 Å². The Kier molecular flexibility index (Phi) is 12.4. The molecule has 0 saturated carbocycles. The SMILES string of the molecule is OB(O)Oc1ccc(CP(c2ccccc2)c2ccccc2)c(CP(c2ccccc2)c2ccccc2)c1CP(c1ccccc1)c1ccccc1. The van der Waals surface area contributed by atoms with Crippen LogP contribution >= 0.6 is 23.8 Å². The van der Waals surface area contributed by atoms with E-state index in [1.165, 1.54) is 43.0 Å². The minimum absolute atomic E-state index is 0.521. The highest BCUT2D eigenvalue weighted by molar-refractivity contribution is 7.73. The molecule has 0 aromatic heterocycles. The van der Waals surface area contributed by atoms with Crippen LogP contribution in [0.1, 0.15) is 16.7 Å². The third kappa shape index (κ3) is 8.97. The van der Waals surface area contributed by atoms with Crippen LogP contribution in [0.15, 0.2) is 194 Å². The van der Waals surface area contributed by atoms with Gasteiger partial charge in [-0.2, -0.15) is 0 Å². The molecule has 7 aromatic carbocycles. The molecule has 0 aliphatic heterocycles. The Morgan fingerprint density at radius 1 is 0.346 bits per heavy atom. The maximum absolute atomic E-state index is 10.3. The molecule has 0 bridgehead atoms. The first-order valence-electron chi connectivity index (χ1n) is 17.4. The van der Waals surface area contributed by atoms with E-state index in [0.717, 1.165) is 17.9 Å². The van der Waals surface area contributed by atoms with Crippen LogP contribution in [0.4, 0.5) is 0 Å². The fourth-order valence-corrected chi connectivity index (χ4v) is 13.8. The van der Waals surface area contributed by atoms with E-state index in [1.807, 2.05) is 6.07 Å². The second-order valence-corrected chi connectivity index (χ2v) is 19.0. The lowest BCUT2D eigenvalue weighted by molar-refractivity contribution is 0.287. The van der Waals surface area contributed by atoms with Gasteiger partial charge in [0.05, 0.1) is 0 Å². The highest BCUT2D eigenvalue weighted by atomic mass is 31.1. The van der Waals surface area contributed by atoms with Crippen molar-refractivity contribution in [3.63, 3.8) is 0 Å². The van der Waals surface area contributed by atoms with Gasteiger partial charge >= 0.3 is 7.32 Å². The normalized spacial score (nSPS) is 11.2. The van der Waals surface area contributed by atoms with Gasteiger partial charge in [0.2, 0.25) is 0 Å². The third-order valence-electron chi connectivity index (χ3n) is 9.09. The average molecular weight is 733 g/mol. The van der Waals surface area contributed by atoms with Crippen LogP contribution in [0, 0.1) is 0 Å². The van der Waals surface area contributed by atoms with Crippen molar-refractivity contribution < 1.29 is 14.7 Å². The predicted molar refractivity (Wildman–Crippen MR) is 226 cm³/mol. The van der Waals surface area contributed by atoms with E-state index in [4.69, 9.17) is 4.65 Å². The highest BCUT2D eigenvalue weighted by Crippen LogP contribution is 2.49. The lowest BCUT2D eigenvalue weighted by Gasteiger charge is -2.28. The number of hydrogen-bond donors (Lipinski definition) is 2. The predicted octanol–water partition coefficient (Wildman–Crippen LogP) is 7.93. The number of hydrogen-bond acceptors (Lipinski definition) is 3. The van der Waals surface area contributed by atoms with Crippen LogP contribution < -0.4 is 36.5 Å². The van der Waals surface area contributed by atoms with Gasteiger partial charge in [0.15, 0.2) is 0 Å². The van der Waals surface area contributed by atoms with Gasteiger partial charge in [0.1, 0.15) is 5.75 Å². The monoisotopic (exact) mass is 732 g/mol. The van der Waals surface area contributed by atoms with Crippen molar-refractivity contribution in [3.05, 3.63) is 211 Å². The van der Waals surface area contributed by atoms with E-state index in [2.05, 4.69) is 188 Å². The van der Waals surface area contributed by atoms with Crippen LogP contribution in [0.5, 0.6) is 5.75 Å². The Bertz CT molecular complexity index is 2010. The Labute approximate surface area is 311 Å². The summed E-state index contributed by atoms with van der Waals surface area (Å²) in [4.78, 5) is 0. The van der Waals surface area contributed by atoms with Crippen molar-refractivity contribution in [1.29, 1.82) is 0 Å². The summed E-state index contributed by atoms with van der Waals surface area (Å²) >= 11 is 0. The zero-order chi connectivity index (χ0) is 35.5. The van der Waals surface area contributed by atoms with Crippen molar-refractivity contribution in [1.82, 2.24) is 0 Å². The lowest BCUT2D eigenvalue weighted by atomic mass is 10.0. The fraction of sp³-hybridized carbons (Fsp3) is 0.0667. The minimum Gasteiger partial charge on any atom is -0.512 e. The first-order chi connectivity index (χ1) is 25.6. The smallest absolute Gasteiger partial charge is 0.512 e. The van der Waals surface area contributed by atoms with Gasteiger partial charge in [-0.15, -0.1) is 0 Å². The molecule has 3 nitrogen and oxygen atoms in total. The molecule has 7 aromatic rings. The Morgan fingerprint density at radius 3 is 0.942 bits per heavy atom. The summed E-state index contributed by atoms with van der Waals surface area (Å²) in [5.41, 5.74) is 3.54. The summed E-state index contributed by atoms with van der Waals surface area (Å²) in [6.07, 6.45) is 2.32.